The molecule has 1 heterocycles. The number of nitrogens with zero attached hydrogens (tertiary/aromatic N) is 3. The van der Waals surface area contributed by atoms with E-state index in [1.165, 1.54) is 24.1 Å². The number of aromatic amines is 1. The zero-order valence-electron chi connectivity index (χ0n) is 15.5. The van der Waals surface area contributed by atoms with Crippen molar-refractivity contribution in [3.05, 3.63) is 59.7 Å². The summed E-state index contributed by atoms with van der Waals surface area (Å²) < 4.78 is 39.4. The Balaban J connectivity index is 1.93. The number of amides is 1. The molecule has 0 aliphatic heterocycles. The second-order valence-corrected chi connectivity index (χ2v) is 6.53. The van der Waals surface area contributed by atoms with Gasteiger partial charge in [0.05, 0.1) is 35.1 Å². The molecule has 0 spiro atoms. The molecule has 0 saturated carbocycles. The summed E-state index contributed by atoms with van der Waals surface area (Å²) in [5.74, 6) is -0.0399. The highest BCUT2D eigenvalue weighted by atomic mass is 19.4. The standard InChI is InChI=1S/C20H18F3N5O/c1-28(10-9-24)18(29)12-17(13-5-4-6-14(11-13)20(21,22)23)27-19-25-15-7-2-3-8-16(15)26-19/h2-8,11,17H,10,12H2,1H3,(H2,25,26,27)/t17-/m0/s1. The van der Waals surface area contributed by atoms with E-state index in [-0.39, 0.29) is 18.9 Å². The summed E-state index contributed by atoms with van der Waals surface area (Å²) >= 11 is 0. The molecule has 0 aliphatic carbocycles. The number of H-pyrrole nitrogens is 1. The third kappa shape index (κ3) is 4.85. The van der Waals surface area contributed by atoms with Crippen molar-refractivity contribution in [2.24, 2.45) is 0 Å². The molecule has 3 rings (SSSR count). The number of aromatic nitrogens is 2. The summed E-state index contributed by atoms with van der Waals surface area (Å²) in [6, 6.07) is 13.2. The highest BCUT2D eigenvalue weighted by molar-refractivity contribution is 5.79. The minimum Gasteiger partial charge on any atom is -0.348 e. The van der Waals surface area contributed by atoms with Gasteiger partial charge in [-0.1, -0.05) is 24.3 Å². The van der Waals surface area contributed by atoms with Gasteiger partial charge in [-0.3, -0.25) is 4.79 Å². The van der Waals surface area contributed by atoms with Crippen LogP contribution in [0.3, 0.4) is 0 Å². The number of hydrogen-bond acceptors (Lipinski definition) is 4. The number of hydrogen-bond donors (Lipinski definition) is 2. The van der Waals surface area contributed by atoms with Gasteiger partial charge in [0.1, 0.15) is 6.54 Å². The Labute approximate surface area is 165 Å². The quantitative estimate of drug-likeness (QED) is 0.609. The minimum absolute atomic E-state index is 0.112. The van der Waals surface area contributed by atoms with Gasteiger partial charge in [0.15, 0.2) is 0 Å². The molecule has 1 aromatic heterocycles. The summed E-state index contributed by atoms with van der Waals surface area (Å²) in [6.07, 6.45) is -4.64. The lowest BCUT2D eigenvalue weighted by molar-refractivity contribution is -0.137. The molecule has 2 aromatic carbocycles. The number of para-hydroxylation sites is 2. The van der Waals surface area contributed by atoms with Crippen molar-refractivity contribution in [1.29, 1.82) is 5.26 Å². The summed E-state index contributed by atoms with van der Waals surface area (Å²) in [5, 5.41) is 11.8. The van der Waals surface area contributed by atoms with E-state index in [0.29, 0.717) is 17.0 Å². The molecule has 0 radical (unpaired) electrons. The molecule has 9 heteroatoms. The fourth-order valence-electron chi connectivity index (χ4n) is 2.89. The second-order valence-electron chi connectivity index (χ2n) is 6.53. The number of rotatable bonds is 6. The number of benzene rings is 2. The van der Waals surface area contributed by atoms with Gasteiger partial charge in [-0.25, -0.2) is 4.98 Å². The lowest BCUT2D eigenvalue weighted by Gasteiger charge is -2.22. The van der Waals surface area contributed by atoms with Crippen LogP contribution in [0, 0.1) is 11.3 Å². The Morgan fingerprint density at radius 2 is 2.03 bits per heavy atom. The first-order chi connectivity index (χ1) is 13.8. The summed E-state index contributed by atoms with van der Waals surface area (Å²) in [5.41, 5.74) is 0.930. The first-order valence-corrected chi connectivity index (χ1v) is 8.77. The Bertz CT molecular complexity index is 1020. The normalized spacial score (nSPS) is 12.4. The van der Waals surface area contributed by atoms with Crippen LogP contribution in [0.2, 0.25) is 0 Å². The van der Waals surface area contributed by atoms with E-state index in [1.807, 2.05) is 24.3 Å². The van der Waals surface area contributed by atoms with Gasteiger partial charge in [-0.15, -0.1) is 0 Å². The van der Waals surface area contributed by atoms with Crippen molar-refractivity contribution in [3.63, 3.8) is 0 Å². The van der Waals surface area contributed by atoms with Crippen LogP contribution in [-0.4, -0.2) is 34.4 Å². The SMILES string of the molecule is CN(CC#N)C(=O)C[C@H](Nc1nc2ccccc2[nH]1)c1cccc(C(F)(F)F)c1. The van der Waals surface area contributed by atoms with Crippen LogP contribution in [0.15, 0.2) is 48.5 Å². The van der Waals surface area contributed by atoms with Crippen molar-refractivity contribution in [1.82, 2.24) is 14.9 Å². The summed E-state index contributed by atoms with van der Waals surface area (Å²) in [6.45, 7) is -0.112. The van der Waals surface area contributed by atoms with Gasteiger partial charge in [-0.05, 0) is 29.8 Å². The van der Waals surface area contributed by atoms with Crippen LogP contribution in [-0.2, 0) is 11.0 Å². The highest BCUT2D eigenvalue weighted by Crippen LogP contribution is 2.32. The number of carbonyl (C=O) groups is 1. The van der Waals surface area contributed by atoms with Gasteiger partial charge < -0.3 is 15.2 Å². The molecule has 0 aliphatic rings. The van der Waals surface area contributed by atoms with Crippen LogP contribution in [0.5, 0.6) is 0 Å². The smallest absolute Gasteiger partial charge is 0.348 e. The number of imidazole rings is 1. The molecule has 29 heavy (non-hydrogen) atoms. The molecule has 0 fully saturated rings. The van der Waals surface area contributed by atoms with Crippen LogP contribution >= 0.6 is 0 Å². The molecule has 0 saturated heterocycles. The predicted octanol–water partition coefficient (Wildman–Crippen LogP) is 4.11. The number of fused-ring (bicyclic) bond motifs is 1. The first kappa shape index (κ1) is 20.2. The Hall–Kier alpha value is -3.54. The van der Waals surface area contributed by atoms with Gasteiger partial charge in [-0.2, -0.15) is 18.4 Å². The van der Waals surface area contributed by atoms with Crippen molar-refractivity contribution < 1.29 is 18.0 Å². The maximum Gasteiger partial charge on any atom is 0.416 e. The minimum atomic E-state index is -4.50. The topological polar surface area (TPSA) is 84.8 Å². The average molecular weight is 401 g/mol. The number of halogens is 3. The Morgan fingerprint density at radius 1 is 1.28 bits per heavy atom. The van der Waals surface area contributed by atoms with Crippen molar-refractivity contribution in [3.8, 4) is 6.07 Å². The number of nitriles is 1. The average Bonchev–Trinajstić information content (AvgIpc) is 3.09. The van der Waals surface area contributed by atoms with E-state index in [9.17, 15) is 18.0 Å². The van der Waals surface area contributed by atoms with Gasteiger partial charge >= 0.3 is 6.18 Å². The zero-order chi connectivity index (χ0) is 21.0. The van der Waals surface area contributed by atoms with E-state index >= 15 is 0 Å². The van der Waals surface area contributed by atoms with Gasteiger partial charge in [0, 0.05) is 7.05 Å². The fourth-order valence-corrected chi connectivity index (χ4v) is 2.89. The highest BCUT2D eigenvalue weighted by Gasteiger charge is 2.31. The molecule has 1 amide bonds. The van der Waals surface area contributed by atoms with E-state index < -0.39 is 17.8 Å². The molecule has 6 nitrogen and oxygen atoms in total. The summed E-state index contributed by atoms with van der Waals surface area (Å²) in [4.78, 5) is 21.1. The van der Waals surface area contributed by atoms with Crippen molar-refractivity contribution in [2.45, 2.75) is 18.6 Å². The van der Waals surface area contributed by atoms with E-state index in [0.717, 1.165) is 17.6 Å². The van der Waals surface area contributed by atoms with E-state index in [2.05, 4.69) is 15.3 Å². The lowest BCUT2D eigenvalue weighted by Crippen LogP contribution is -2.30. The van der Waals surface area contributed by atoms with Crippen LogP contribution in [0.4, 0.5) is 19.1 Å². The zero-order valence-corrected chi connectivity index (χ0v) is 15.5. The van der Waals surface area contributed by atoms with Crippen LogP contribution < -0.4 is 5.32 Å². The summed E-state index contributed by atoms with van der Waals surface area (Å²) in [7, 11) is 1.47. The lowest BCUT2D eigenvalue weighted by atomic mass is 10.0. The fraction of sp³-hybridized carbons (Fsp3) is 0.250. The third-order valence-corrected chi connectivity index (χ3v) is 4.43. The van der Waals surface area contributed by atoms with Crippen LogP contribution in [0.25, 0.3) is 11.0 Å². The van der Waals surface area contributed by atoms with E-state index in [1.54, 1.807) is 6.07 Å². The monoisotopic (exact) mass is 401 g/mol. The van der Waals surface area contributed by atoms with Crippen molar-refractivity contribution >= 4 is 22.9 Å². The number of anilines is 1. The first-order valence-electron chi connectivity index (χ1n) is 8.77. The second kappa shape index (κ2) is 8.22. The number of alkyl halides is 3. The maximum absolute atomic E-state index is 13.1. The molecule has 1 atom stereocenters. The molecule has 0 unspecified atom stereocenters. The molecule has 2 N–H and O–H groups in total. The Kier molecular flexibility index (Phi) is 5.73. The Morgan fingerprint density at radius 3 is 2.72 bits per heavy atom. The molecule has 150 valence electrons. The predicted molar refractivity (Wildman–Crippen MR) is 102 cm³/mol. The molecular weight excluding hydrogens is 383 g/mol. The van der Waals surface area contributed by atoms with Crippen molar-refractivity contribution in [2.75, 3.05) is 18.9 Å². The maximum atomic E-state index is 13.1. The number of nitrogens with one attached hydrogen (secondary N) is 2. The number of carbonyl (C=O) groups excluding carboxylic acids is 1. The van der Waals surface area contributed by atoms with Gasteiger partial charge in [0.2, 0.25) is 11.9 Å². The van der Waals surface area contributed by atoms with Crippen LogP contribution in [0.1, 0.15) is 23.6 Å². The van der Waals surface area contributed by atoms with E-state index in [4.69, 9.17) is 5.26 Å². The molecular formula is C20H18F3N5O. The molecule has 0 bridgehead atoms. The largest absolute Gasteiger partial charge is 0.416 e. The van der Waals surface area contributed by atoms with Gasteiger partial charge in [0.25, 0.3) is 0 Å². The molecule has 3 aromatic rings. The third-order valence-electron chi connectivity index (χ3n) is 4.43.